The summed E-state index contributed by atoms with van der Waals surface area (Å²) in [6.45, 7) is 8.19. The molecule has 0 atom stereocenters. The van der Waals surface area contributed by atoms with Gasteiger partial charge in [-0.25, -0.2) is 9.50 Å². The lowest BCUT2D eigenvalue weighted by molar-refractivity contribution is 0.102. The molecule has 2 heterocycles. The average molecular weight is 338 g/mol. The Hall–Kier alpha value is -2.89. The van der Waals surface area contributed by atoms with E-state index in [4.69, 9.17) is 4.74 Å². The van der Waals surface area contributed by atoms with E-state index in [0.717, 1.165) is 28.3 Å². The Morgan fingerprint density at radius 1 is 1.20 bits per heavy atom. The number of fused-ring (bicyclic) bond motifs is 1. The van der Waals surface area contributed by atoms with Gasteiger partial charge in [0.05, 0.1) is 19.0 Å². The number of amides is 1. The lowest BCUT2D eigenvalue weighted by atomic mass is 9.93. The van der Waals surface area contributed by atoms with Crippen LogP contribution in [-0.2, 0) is 5.41 Å². The third-order valence-electron chi connectivity index (χ3n) is 4.00. The van der Waals surface area contributed by atoms with Crippen molar-refractivity contribution in [3.63, 3.8) is 0 Å². The predicted octanol–water partition coefficient (Wildman–Crippen LogP) is 3.60. The summed E-state index contributed by atoms with van der Waals surface area (Å²) in [6, 6.07) is 8.99. The molecule has 0 aliphatic rings. The number of aromatic nitrogens is 3. The number of anilines is 1. The molecule has 0 aliphatic carbocycles. The van der Waals surface area contributed by atoms with Crippen molar-refractivity contribution in [1.82, 2.24) is 14.6 Å². The van der Waals surface area contributed by atoms with Crippen molar-refractivity contribution < 1.29 is 9.53 Å². The molecule has 0 spiro atoms. The number of methoxy groups -OCH3 is 1. The molecule has 3 aromatic rings. The number of nitrogens with one attached hydrogen (secondary N) is 1. The van der Waals surface area contributed by atoms with Crippen molar-refractivity contribution in [2.45, 2.75) is 33.1 Å². The maximum absolute atomic E-state index is 12.5. The van der Waals surface area contributed by atoms with Gasteiger partial charge in [0.25, 0.3) is 5.91 Å². The van der Waals surface area contributed by atoms with Crippen LogP contribution in [0.2, 0.25) is 0 Å². The first-order valence-corrected chi connectivity index (χ1v) is 8.11. The van der Waals surface area contributed by atoms with Gasteiger partial charge in [0.15, 0.2) is 5.65 Å². The number of hydrogen-bond acceptors (Lipinski definition) is 4. The van der Waals surface area contributed by atoms with E-state index in [1.54, 1.807) is 23.8 Å². The van der Waals surface area contributed by atoms with Crippen molar-refractivity contribution >= 4 is 17.2 Å². The molecule has 1 N–H and O–H groups in total. The Balaban J connectivity index is 1.87. The van der Waals surface area contributed by atoms with Crippen LogP contribution in [0.25, 0.3) is 5.65 Å². The van der Waals surface area contributed by atoms with E-state index in [-0.39, 0.29) is 11.3 Å². The fourth-order valence-corrected chi connectivity index (χ4v) is 2.45. The molecule has 0 radical (unpaired) electrons. The van der Waals surface area contributed by atoms with Crippen LogP contribution in [-0.4, -0.2) is 27.6 Å². The molecule has 25 heavy (non-hydrogen) atoms. The minimum absolute atomic E-state index is 0.0731. The number of benzene rings is 1. The molecule has 0 bridgehead atoms. The normalized spacial score (nSPS) is 11.6. The summed E-state index contributed by atoms with van der Waals surface area (Å²) >= 11 is 0. The lowest BCUT2D eigenvalue weighted by Gasteiger charge is -2.13. The Morgan fingerprint density at radius 3 is 2.60 bits per heavy atom. The van der Waals surface area contributed by atoms with Gasteiger partial charge in [-0.05, 0) is 42.8 Å². The van der Waals surface area contributed by atoms with Crippen molar-refractivity contribution in [3.05, 3.63) is 53.5 Å². The van der Waals surface area contributed by atoms with E-state index in [1.165, 1.54) is 0 Å². The number of nitrogens with zero attached hydrogens (tertiary/aromatic N) is 3. The topological polar surface area (TPSA) is 68.5 Å². The Morgan fingerprint density at radius 2 is 1.96 bits per heavy atom. The van der Waals surface area contributed by atoms with Crippen LogP contribution < -0.4 is 10.1 Å². The quantitative estimate of drug-likeness (QED) is 0.792. The fourth-order valence-electron chi connectivity index (χ4n) is 2.45. The van der Waals surface area contributed by atoms with E-state index in [9.17, 15) is 4.79 Å². The maximum atomic E-state index is 12.5. The zero-order valence-electron chi connectivity index (χ0n) is 15.1. The Labute approximate surface area is 146 Å². The van der Waals surface area contributed by atoms with Crippen LogP contribution in [0.1, 0.15) is 42.5 Å². The summed E-state index contributed by atoms with van der Waals surface area (Å²) in [5.41, 5.74) is 3.57. The molecule has 2 aromatic heterocycles. The predicted molar refractivity (Wildman–Crippen MR) is 97.4 cm³/mol. The number of carbonyl (C=O) groups is 1. The van der Waals surface area contributed by atoms with Gasteiger partial charge in [0.1, 0.15) is 11.4 Å². The van der Waals surface area contributed by atoms with Gasteiger partial charge in [0, 0.05) is 11.1 Å². The number of carbonyl (C=O) groups excluding carboxylic acids is 1. The largest absolute Gasteiger partial charge is 0.497 e. The van der Waals surface area contributed by atoms with Crippen molar-refractivity contribution in [1.29, 1.82) is 0 Å². The number of ether oxygens (including phenoxy) is 1. The summed E-state index contributed by atoms with van der Waals surface area (Å²) in [6.07, 6.45) is 1.87. The fraction of sp³-hybridized carbons (Fsp3) is 0.316. The Bertz CT molecular complexity index is 938. The van der Waals surface area contributed by atoms with Crippen LogP contribution in [0.15, 0.2) is 36.5 Å². The number of aryl methyl sites for hydroxylation is 1. The zero-order valence-corrected chi connectivity index (χ0v) is 15.1. The van der Waals surface area contributed by atoms with Gasteiger partial charge >= 0.3 is 0 Å². The first kappa shape index (κ1) is 17.0. The van der Waals surface area contributed by atoms with E-state index in [2.05, 4.69) is 36.2 Å². The van der Waals surface area contributed by atoms with Gasteiger partial charge in [-0.1, -0.05) is 20.8 Å². The van der Waals surface area contributed by atoms with Gasteiger partial charge < -0.3 is 10.1 Å². The van der Waals surface area contributed by atoms with Gasteiger partial charge in [-0.3, -0.25) is 4.79 Å². The van der Waals surface area contributed by atoms with Crippen LogP contribution in [0.4, 0.5) is 5.69 Å². The smallest absolute Gasteiger partial charge is 0.276 e. The van der Waals surface area contributed by atoms with E-state index in [0.29, 0.717) is 5.69 Å². The monoisotopic (exact) mass is 338 g/mol. The first-order valence-electron chi connectivity index (χ1n) is 8.11. The van der Waals surface area contributed by atoms with Crippen molar-refractivity contribution in [2.75, 3.05) is 12.4 Å². The van der Waals surface area contributed by atoms with E-state index >= 15 is 0 Å². The highest BCUT2D eigenvalue weighted by molar-refractivity contribution is 6.03. The van der Waals surface area contributed by atoms with Crippen molar-refractivity contribution in [2.24, 2.45) is 0 Å². The minimum Gasteiger partial charge on any atom is -0.497 e. The second kappa shape index (κ2) is 6.20. The second-order valence-corrected chi connectivity index (χ2v) is 7.03. The molecule has 0 unspecified atom stereocenters. The van der Waals surface area contributed by atoms with Gasteiger partial charge in [0.2, 0.25) is 0 Å². The van der Waals surface area contributed by atoms with Crippen LogP contribution in [0.5, 0.6) is 5.75 Å². The molecule has 1 amide bonds. The lowest BCUT2D eigenvalue weighted by Crippen LogP contribution is -2.15. The molecule has 1 aromatic carbocycles. The second-order valence-electron chi connectivity index (χ2n) is 7.03. The van der Waals surface area contributed by atoms with Crippen LogP contribution >= 0.6 is 0 Å². The molecule has 130 valence electrons. The van der Waals surface area contributed by atoms with Crippen molar-refractivity contribution in [3.8, 4) is 5.75 Å². The van der Waals surface area contributed by atoms with E-state index < -0.39 is 0 Å². The molecular weight excluding hydrogens is 316 g/mol. The highest BCUT2D eigenvalue weighted by Gasteiger charge is 2.19. The molecule has 0 saturated carbocycles. The summed E-state index contributed by atoms with van der Waals surface area (Å²) in [5, 5.41) is 7.28. The average Bonchev–Trinajstić information content (AvgIpc) is 3.00. The molecule has 3 rings (SSSR count). The molecule has 0 saturated heterocycles. The van der Waals surface area contributed by atoms with E-state index in [1.807, 2.05) is 31.3 Å². The molecular formula is C19H22N4O2. The minimum atomic E-state index is -0.263. The SMILES string of the molecule is COc1ccc(NC(=O)c2ccc3nc(C(C)(C)C)cn3n2)c(C)c1. The summed E-state index contributed by atoms with van der Waals surface area (Å²) in [4.78, 5) is 17.1. The molecule has 6 heteroatoms. The first-order chi connectivity index (χ1) is 11.8. The highest BCUT2D eigenvalue weighted by Crippen LogP contribution is 2.23. The molecule has 0 aliphatic heterocycles. The number of imidazole rings is 1. The highest BCUT2D eigenvalue weighted by atomic mass is 16.5. The zero-order chi connectivity index (χ0) is 18.2. The number of rotatable bonds is 3. The summed E-state index contributed by atoms with van der Waals surface area (Å²) < 4.78 is 6.83. The standard InChI is InChI=1S/C19H22N4O2/c1-12-10-13(25-5)6-7-14(12)20-18(24)15-8-9-17-21-16(19(2,3)4)11-23(17)22-15/h6-11H,1-5H3,(H,20,24). The van der Waals surface area contributed by atoms with Gasteiger partial charge in [-0.15, -0.1) is 0 Å². The Kier molecular flexibility index (Phi) is 4.20. The maximum Gasteiger partial charge on any atom is 0.276 e. The van der Waals surface area contributed by atoms with Crippen LogP contribution in [0.3, 0.4) is 0 Å². The van der Waals surface area contributed by atoms with Crippen LogP contribution in [0, 0.1) is 6.92 Å². The van der Waals surface area contributed by atoms with Gasteiger partial charge in [-0.2, -0.15) is 5.10 Å². The number of hydrogen-bond donors (Lipinski definition) is 1. The third-order valence-corrected chi connectivity index (χ3v) is 4.00. The molecule has 6 nitrogen and oxygen atoms in total. The molecule has 0 fully saturated rings. The third kappa shape index (κ3) is 3.47. The summed E-state index contributed by atoms with van der Waals surface area (Å²) in [7, 11) is 1.61. The summed E-state index contributed by atoms with van der Waals surface area (Å²) in [5.74, 6) is 0.490.